The number of hydrogen-bond acceptors (Lipinski definition) is 7. The average Bonchev–Trinajstić information content (AvgIpc) is 3.27. The minimum atomic E-state index is -0.845. The summed E-state index contributed by atoms with van der Waals surface area (Å²) >= 11 is 0. The van der Waals surface area contributed by atoms with Gasteiger partial charge in [0.2, 0.25) is 5.95 Å². The molecule has 3 heterocycles. The Morgan fingerprint density at radius 3 is 2.42 bits per heavy atom. The second-order valence-corrected chi connectivity index (χ2v) is 8.40. The van der Waals surface area contributed by atoms with Gasteiger partial charge in [0.15, 0.2) is 0 Å². The Hall–Kier alpha value is -2.81. The number of tetrazole rings is 1. The molecule has 3 aromatic rings. The highest BCUT2D eigenvalue weighted by Gasteiger charge is 2.48. The van der Waals surface area contributed by atoms with Gasteiger partial charge in [-0.15, -0.1) is 0 Å². The number of anilines is 1. The van der Waals surface area contributed by atoms with Crippen LogP contribution in [-0.2, 0) is 11.3 Å². The summed E-state index contributed by atoms with van der Waals surface area (Å²) in [6, 6.07) is 18.7. The molecule has 0 unspecified atom stereocenters. The Kier molecular flexibility index (Phi) is 5.43. The summed E-state index contributed by atoms with van der Waals surface area (Å²) < 4.78 is 7.74. The summed E-state index contributed by atoms with van der Waals surface area (Å²) in [5.74, 6) is 0.716. The molecule has 0 saturated carbocycles. The van der Waals surface area contributed by atoms with Crippen LogP contribution in [0.1, 0.15) is 24.8 Å². The summed E-state index contributed by atoms with van der Waals surface area (Å²) in [5, 5.41) is 32.9. The molecule has 2 aliphatic rings. The summed E-state index contributed by atoms with van der Waals surface area (Å²) in [7, 11) is 0. The van der Waals surface area contributed by atoms with E-state index in [2.05, 4.69) is 56.8 Å². The Bertz CT molecular complexity index is 1000. The molecule has 2 N–H and O–H groups in total. The van der Waals surface area contributed by atoms with E-state index >= 15 is 0 Å². The van der Waals surface area contributed by atoms with Gasteiger partial charge in [-0.3, -0.25) is 0 Å². The molecular weight excluding hydrogens is 394 g/mol. The molecule has 0 bridgehead atoms. The first-order chi connectivity index (χ1) is 15.1. The second-order valence-electron chi connectivity index (χ2n) is 8.40. The Morgan fingerprint density at radius 2 is 1.68 bits per heavy atom. The number of benzene rings is 2. The van der Waals surface area contributed by atoms with Crippen molar-refractivity contribution >= 4 is 5.95 Å². The van der Waals surface area contributed by atoms with E-state index in [1.165, 1.54) is 11.1 Å². The molecule has 2 aromatic carbocycles. The van der Waals surface area contributed by atoms with E-state index in [-0.39, 0.29) is 0 Å². The molecule has 2 fully saturated rings. The summed E-state index contributed by atoms with van der Waals surface area (Å²) in [4.78, 5) is 2.13. The van der Waals surface area contributed by atoms with Crippen molar-refractivity contribution in [3.8, 4) is 11.1 Å². The van der Waals surface area contributed by atoms with E-state index in [0.717, 1.165) is 5.56 Å². The largest absolute Gasteiger partial charge is 0.390 e. The molecule has 2 saturated heterocycles. The van der Waals surface area contributed by atoms with Crippen LogP contribution >= 0.6 is 0 Å². The van der Waals surface area contributed by atoms with Gasteiger partial charge in [0, 0.05) is 13.1 Å². The van der Waals surface area contributed by atoms with E-state index in [1.54, 1.807) is 0 Å². The third-order valence-electron chi connectivity index (χ3n) is 6.51. The molecule has 8 nitrogen and oxygen atoms in total. The topological polar surface area (TPSA) is 96.5 Å². The van der Waals surface area contributed by atoms with Gasteiger partial charge in [-0.2, -0.15) is 0 Å². The maximum atomic E-state index is 10.5. The molecule has 8 heteroatoms. The van der Waals surface area contributed by atoms with Crippen LogP contribution in [0, 0.1) is 0 Å². The quantitative estimate of drug-likeness (QED) is 0.664. The number of hydrogen-bond donors (Lipinski definition) is 2. The third kappa shape index (κ3) is 3.94. The Balaban J connectivity index is 1.26. The summed E-state index contributed by atoms with van der Waals surface area (Å²) in [6.45, 7) is 2.39. The number of aliphatic hydroxyl groups is 2. The van der Waals surface area contributed by atoms with Crippen LogP contribution in [-0.4, -0.2) is 67.9 Å². The zero-order chi connectivity index (χ0) is 21.3. The van der Waals surface area contributed by atoms with Crippen LogP contribution in [0.5, 0.6) is 0 Å². The first kappa shape index (κ1) is 20.1. The van der Waals surface area contributed by atoms with Crippen LogP contribution in [0.4, 0.5) is 5.95 Å². The lowest BCUT2D eigenvalue weighted by Crippen LogP contribution is -2.60. The predicted octanol–water partition coefficient (Wildman–Crippen LogP) is 1.87. The summed E-state index contributed by atoms with van der Waals surface area (Å²) in [6.07, 6.45) is 0.175. The van der Waals surface area contributed by atoms with Crippen LogP contribution in [0.2, 0.25) is 0 Å². The number of rotatable bonds is 4. The highest BCUT2D eigenvalue weighted by molar-refractivity contribution is 5.63. The molecule has 162 valence electrons. The molecule has 0 aliphatic carbocycles. The zero-order valence-electron chi connectivity index (χ0n) is 17.3. The van der Waals surface area contributed by atoms with Crippen molar-refractivity contribution in [3.05, 3.63) is 60.2 Å². The highest BCUT2D eigenvalue weighted by atomic mass is 16.5. The number of aromatic nitrogens is 4. The lowest BCUT2D eigenvalue weighted by molar-refractivity contribution is -0.205. The molecule has 5 rings (SSSR count). The van der Waals surface area contributed by atoms with Gasteiger partial charge in [-0.1, -0.05) is 59.7 Å². The number of piperidine rings is 1. The molecule has 0 amide bonds. The van der Waals surface area contributed by atoms with Gasteiger partial charge in [-0.25, -0.2) is 4.68 Å². The number of aliphatic hydroxyl groups excluding tert-OH is 2. The number of ether oxygens (including phenoxy) is 1. The van der Waals surface area contributed by atoms with E-state index in [1.807, 2.05) is 22.9 Å². The fraction of sp³-hybridized carbons (Fsp3) is 0.435. The molecule has 2 atom stereocenters. The van der Waals surface area contributed by atoms with Crippen molar-refractivity contribution in [2.45, 2.75) is 43.6 Å². The van der Waals surface area contributed by atoms with E-state index in [9.17, 15) is 10.2 Å². The lowest BCUT2D eigenvalue weighted by Gasteiger charge is -2.48. The molecule has 1 aromatic heterocycles. The van der Waals surface area contributed by atoms with Crippen LogP contribution in [0.15, 0.2) is 54.6 Å². The predicted molar refractivity (Wildman–Crippen MR) is 116 cm³/mol. The number of nitrogens with zero attached hydrogens (tertiary/aromatic N) is 5. The van der Waals surface area contributed by atoms with Gasteiger partial charge >= 0.3 is 0 Å². The van der Waals surface area contributed by atoms with Crippen molar-refractivity contribution in [1.29, 1.82) is 0 Å². The maximum absolute atomic E-state index is 10.5. The Morgan fingerprint density at radius 1 is 0.968 bits per heavy atom. The minimum Gasteiger partial charge on any atom is -0.390 e. The minimum absolute atomic E-state index is 0.480. The first-order valence-electron chi connectivity index (χ1n) is 10.8. The fourth-order valence-electron chi connectivity index (χ4n) is 4.64. The monoisotopic (exact) mass is 421 g/mol. The standard InChI is InChI=1S/C23H27N5O3/c29-20-10-15-31-23(21(20)30)11-13-27(14-12-23)22-24-25-26-28(22)16-17-6-8-19(9-7-17)18-4-2-1-3-5-18/h1-9,20-21,29-30H,10-16H2/t20-,21-/m0/s1. The van der Waals surface area contributed by atoms with Crippen molar-refractivity contribution in [1.82, 2.24) is 20.2 Å². The van der Waals surface area contributed by atoms with Gasteiger partial charge in [0.1, 0.15) is 6.10 Å². The fourth-order valence-corrected chi connectivity index (χ4v) is 4.64. The zero-order valence-corrected chi connectivity index (χ0v) is 17.3. The Labute approximate surface area is 181 Å². The second kappa shape index (κ2) is 8.37. The molecule has 1 spiro atoms. The molecular formula is C23H27N5O3. The lowest BCUT2D eigenvalue weighted by atomic mass is 9.81. The van der Waals surface area contributed by atoms with Crippen molar-refractivity contribution in [3.63, 3.8) is 0 Å². The van der Waals surface area contributed by atoms with E-state index in [0.29, 0.717) is 51.5 Å². The smallest absolute Gasteiger partial charge is 0.245 e. The van der Waals surface area contributed by atoms with Crippen LogP contribution in [0.25, 0.3) is 11.1 Å². The van der Waals surface area contributed by atoms with E-state index < -0.39 is 17.8 Å². The maximum Gasteiger partial charge on any atom is 0.245 e. The highest BCUT2D eigenvalue weighted by Crippen LogP contribution is 2.36. The molecule has 2 aliphatic heterocycles. The molecule has 0 radical (unpaired) electrons. The van der Waals surface area contributed by atoms with E-state index in [4.69, 9.17) is 4.74 Å². The van der Waals surface area contributed by atoms with Gasteiger partial charge < -0.3 is 19.8 Å². The summed E-state index contributed by atoms with van der Waals surface area (Å²) in [5.41, 5.74) is 2.82. The normalized spacial score (nSPS) is 23.2. The van der Waals surface area contributed by atoms with Crippen molar-refractivity contribution in [2.75, 3.05) is 24.6 Å². The van der Waals surface area contributed by atoms with Crippen molar-refractivity contribution in [2.24, 2.45) is 0 Å². The van der Waals surface area contributed by atoms with Gasteiger partial charge in [-0.05, 0) is 46.4 Å². The first-order valence-corrected chi connectivity index (χ1v) is 10.8. The SMILES string of the molecule is O[C@H]1CCOC2(CCN(c3nnnn3Cc3ccc(-c4ccccc4)cc3)CC2)[C@H]1O. The molecule has 31 heavy (non-hydrogen) atoms. The van der Waals surface area contributed by atoms with Gasteiger partial charge in [0.05, 0.1) is 24.9 Å². The van der Waals surface area contributed by atoms with Crippen molar-refractivity contribution < 1.29 is 14.9 Å². The van der Waals surface area contributed by atoms with Crippen LogP contribution in [0.3, 0.4) is 0 Å². The van der Waals surface area contributed by atoms with Gasteiger partial charge in [0.25, 0.3) is 0 Å². The third-order valence-corrected chi connectivity index (χ3v) is 6.51. The average molecular weight is 422 g/mol. The van der Waals surface area contributed by atoms with Crippen LogP contribution < -0.4 is 4.90 Å².